The zero-order valence-corrected chi connectivity index (χ0v) is 18.9. The van der Waals surface area contributed by atoms with Crippen LogP contribution in [0.1, 0.15) is 24.0 Å². The van der Waals surface area contributed by atoms with Gasteiger partial charge in [0.2, 0.25) is 15.7 Å². The van der Waals surface area contributed by atoms with E-state index in [4.69, 9.17) is 5.73 Å². The summed E-state index contributed by atoms with van der Waals surface area (Å²) in [5.41, 5.74) is 10.4. The van der Waals surface area contributed by atoms with Crippen molar-refractivity contribution < 1.29 is 18.1 Å². The van der Waals surface area contributed by atoms with Gasteiger partial charge in [0.1, 0.15) is 18.1 Å². The molecule has 1 fully saturated rings. The number of hydrogen-bond acceptors (Lipinski definition) is 6. The first-order valence-corrected chi connectivity index (χ1v) is 12.2. The van der Waals surface area contributed by atoms with E-state index in [0.717, 1.165) is 24.0 Å². The zero-order chi connectivity index (χ0) is 22.9. The van der Waals surface area contributed by atoms with Crippen LogP contribution in [0.15, 0.2) is 59.4 Å². The Bertz CT molecular complexity index is 1250. The number of allylic oxidation sites excluding steroid dienone is 3. The van der Waals surface area contributed by atoms with E-state index in [1.807, 2.05) is 41.8 Å². The summed E-state index contributed by atoms with van der Waals surface area (Å²) in [6.07, 6.45) is 8.82. The van der Waals surface area contributed by atoms with E-state index in [-0.39, 0.29) is 0 Å². The average molecular weight is 456 g/mol. The van der Waals surface area contributed by atoms with Crippen LogP contribution >= 0.6 is 0 Å². The van der Waals surface area contributed by atoms with Crippen LogP contribution in [0, 0.1) is 6.92 Å². The lowest BCUT2D eigenvalue weighted by molar-refractivity contribution is -0.585. The Morgan fingerprint density at radius 1 is 1.31 bits per heavy atom. The molecule has 0 amide bonds. The van der Waals surface area contributed by atoms with E-state index < -0.39 is 16.3 Å². The lowest BCUT2D eigenvalue weighted by Gasteiger charge is -2.14. The van der Waals surface area contributed by atoms with Crippen LogP contribution in [0.5, 0.6) is 0 Å². The van der Waals surface area contributed by atoms with Gasteiger partial charge in [-0.15, -0.1) is 0 Å². The zero-order valence-electron chi connectivity index (χ0n) is 18.1. The van der Waals surface area contributed by atoms with Crippen molar-refractivity contribution in [3.63, 3.8) is 0 Å². The number of hydrogen-bond donors (Lipinski definition) is 3. The molecule has 4 N–H and O–H groups in total. The number of sulfonamides is 1. The molecule has 4 rings (SSSR count). The molecule has 0 spiro atoms. The van der Waals surface area contributed by atoms with Crippen molar-refractivity contribution in [2.45, 2.75) is 32.5 Å². The molecule has 1 atom stereocenters. The van der Waals surface area contributed by atoms with E-state index in [1.54, 1.807) is 23.0 Å². The van der Waals surface area contributed by atoms with Crippen molar-refractivity contribution >= 4 is 33.0 Å². The molecule has 168 valence electrons. The highest BCUT2D eigenvalue weighted by Gasteiger charge is 2.29. The van der Waals surface area contributed by atoms with E-state index in [0.29, 0.717) is 42.4 Å². The SMILES string of the molecule is Cc1ccc(Cn2ncc(/N=C3C=C/C(=[N+]4/CCCC4O)C=C/3NS(C)(=O)=O)c2N)cc1. The van der Waals surface area contributed by atoms with Crippen molar-refractivity contribution in [3.8, 4) is 0 Å². The summed E-state index contributed by atoms with van der Waals surface area (Å²) in [6, 6.07) is 8.10. The number of aliphatic imine (C=N–C) groups is 1. The first-order valence-electron chi connectivity index (χ1n) is 10.3. The van der Waals surface area contributed by atoms with Crippen molar-refractivity contribution in [2.24, 2.45) is 4.99 Å². The summed E-state index contributed by atoms with van der Waals surface area (Å²) in [7, 11) is -3.54. The Morgan fingerprint density at radius 3 is 2.72 bits per heavy atom. The molecular formula is C22H27N6O3S+. The molecule has 1 saturated heterocycles. The fraction of sp³-hybridized carbons (Fsp3) is 0.318. The van der Waals surface area contributed by atoms with Crippen LogP contribution in [0.2, 0.25) is 0 Å². The minimum Gasteiger partial charge on any atom is -0.382 e. The molecule has 9 nitrogen and oxygen atoms in total. The van der Waals surface area contributed by atoms with Crippen LogP contribution < -0.4 is 10.5 Å². The summed E-state index contributed by atoms with van der Waals surface area (Å²) in [6.45, 7) is 3.23. The first-order chi connectivity index (χ1) is 15.2. The van der Waals surface area contributed by atoms with E-state index in [9.17, 15) is 13.5 Å². The molecular weight excluding hydrogens is 428 g/mol. The molecule has 2 heterocycles. The number of nitrogens with zero attached hydrogens (tertiary/aromatic N) is 4. The van der Waals surface area contributed by atoms with Crippen molar-refractivity contribution in [1.29, 1.82) is 0 Å². The number of aromatic nitrogens is 2. The standard InChI is InChI=1S/C22H26N6O3S/c1-15-5-7-16(8-6-15)14-28-22(23)20(13-24-28)25-18-10-9-17(27-11-3-4-21(27)29)12-19(18)26-32(2,30)31/h5-10,12-13,21,29H,3-4,11,14H2,1-2H3,(H2,23,24,26)/p+1. The predicted octanol–water partition coefficient (Wildman–Crippen LogP) is 1.46. The summed E-state index contributed by atoms with van der Waals surface area (Å²) in [5, 5.41) is 14.5. The molecule has 2 aliphatic rings. The van der Waals surface area contributed by atoms with Crippen molar-refractivity contribution in [3.05, 3.63) is 65.5 Å². The molecule has 1 aliphatic heterocycles. The van der Waals surface area contributed by atoms with Gasteiger partial charge in [0.05, 0.1) is 30.4 Å². The molecule has 1 aliphatic carbocycles. The maximum atomic E-state index is 11.9. The summed E-state index contributed by atoms with van der Waals surface area (Å²) >= 11 is 0. The third-order valence-electron chi connectivity index (χ3n) is 5.38. The normalized spacial score (nSPS) is 22.4. The van der Waals surface area contributed by atoms with Gasteiger partial charge in [-0.25, -0.2) is 22.7 Å². The lowest BCUT2D eigenvalue weighted by atomic mass is 10.1. The third kappa shape index (κ3) is 4.97. The summed E-state index contributed by atoms with van der Waals surface area (Å²) in [4.78, 5) is 4.57. The maximum Gasteiger partial charge on any atom is 0.255 e. The van der Waals surface area contributed by atoms with Gasteiger partial charge in [-0.2, -0.15) is 5.10 Å². The topological polar surface area (TPSA) is 126 Å². The van der Waals surface area contributed by atoms with E-state index in [2.05, 4.69) is 14.8 Å². The quantitative estimate of drug-likeness (QED) is 0.465. The van der Waals surface area contributed by atoms with Gasteiger partial charge in [-0.3, -0.25) is 4.72 Å². The molecule has 10 heteroatoms. The fourth-order valence-electron chi connectivity index (χ4n) is 3.73. The molecule has 2 aromatic rings. The van der Waals surface area contributed by atoms with Crippen LogP contribution in [-0.2, 0) is 16.6 Å². The van der Waals surface area contributed by atoms with Crippen LogP contribution in [0.3, 0.4) is 0 Å². The smallest absolute Gasteiger partial charge is 0.255 e. The van der Waals surface area contributed by atoms with Crippen LogP contribution in [0.25, 0.3) is 0 Å². The summed E-state index contributed by atoms with van der Waals surface area (Å²) < 4.78 is 29.9. The number of anilines is 1. The minimum absolute atomic E-state index is 0.315. The van der Waals surface area contributed by atoms with Gasteiger partial charge in [0.25, 0.3) is 6.23 Å². The molecule has 0 saturated carbocycles. The van der Waals surface area contributed by atoms with E-state index >= 15 is 0 Å². The highest BCUT2D eigenvalue weighted by Crippen LogP contribution is 2.24. The van der Waals surface area contributed by atoms with Gasteiger partial charge in [0, 0.05) is 25.0 Å². The van der Waals surface area contributed by atoms with Gasteiger partial charge in [0.15, 0.2) is 0 Å². The second-order valence-electron chi connectivity index (χ2n) is 8.06. The van der Waals surface area contributed by atoms with Crippen LogP contribution in [0.4, 0.5) is 11.5 Å². The molecule has 32 heavy (non-hydrogen) atoms. The van der Waals surface area contributed by atoms with Crippen LogP contribution in [-0.4, -0.2) is 58.3 Å². The van der Waals surface area contributed by atoms with Crippen molar-refractivity contribution in [2.75, 3.05) is 18.5 Å². The Balaban J connectivity index is 1.66. The number of nitrogen functional groups attached to an aromatic ring is 1. The van der Waals surface area contributed by atoms with Gasteiger partial charge in [-0.1, -0.05) is 29.8 Å². The molecule has 1 unspecified atom stereocenters. The monoisotopic (exact) mass is 455 g/mol. The van der Waals surface area contributed by atoms with Crippen molar-refractivity contribution in [1.82, 2.24) is 14.5 Å². The van der Waals surface area contributed by atoms with Gasteiger partial charge < -0.3 is 10.8 Å². The molecule has 0 radical (unpaired) electrons. The number of rotatable bonds is 5. The third-order valence-corrected chi connectivity index (χ3v) is 5.97. The first kappa shape index (κ1) is 22.0. The second-order valence-corrected chi connectivity index (χ2v) is 9.81. The Kier molecular flexibility index (Phi) is 5.98. The second kappa shape index (κ2) is 8.71. The van der Waals surface area contributed by atoms with Gasteiger partial charge >= 0.3 is 0 Å². The highest BCUT2D eigenvalue weighted by atomic mass is 32.2. The Labute approximate surface area is 187 Å². The average Bonchev–Trinajstić information content (AvgIpc) is 3.30. The number of aliphatic hydroxyl groups is 1. The van der Waals surface area contributed by atoms with Gasteiger partial charge in [-0.05, 0) is 18.6 Å². The number of aryl methyl sites for hydroxylation is 1. The minimum atomic E-state index is -3.54. The highest BCUT2D eigenvalue weighted by molar-refractivity contribution is 7.88. The largest absolute Gasteiger partial charge is 0.382 e. The number of aliphatic hydroxyl groups excluding tert-OH is 1. The predicted molar refractivity (Wildman–Crippen MR) is 125 cm³/mol. The maximum absolute atomic E-state index is 11.9. The fourth-order valence-corrected chi connectivity index (χ4v) is 4.29. The summed E-state index contributed by atoms with van der Waals surface area (Å²) in [5.74, 6) is 0.384. The number of nitrogens with one attached hydrogen (secondary N) is 1. The molecule has 0 bridgehead atoms. The Morgan fingerprint density at radius 2 is 2.06 bits per heavy atom. The number of nitrogens with two attached hydrogens (primary N) is 1. The molecule has 1 aromatic carbocycles. The lowest BCUT2D eigenvalue weighted by Crippen LogP contribution is -2.31. The molecule has 1 aromatic heterocycles. The Hall–Kier alpha value is -3.24. The number of benzene rings is 1. The van der Waals surface area contributed by atoms with E-state index in [1.165, 1.54) is 5.56 Å².